The van der Waals surface area contributed by atoms with Gasteiger partial charge in [0.15, 0.2) is 0 Å². The second-order valence-electron chi connectivity index (χ2n) is 5.63. The van der Waals surface area contributed by atoms with Gasteiger partial charge in [-0.25, -0.2) is 5.43 Å². The predicted molar refractivity (Wildman–Crippen MR) is 119 cm³/mol. The van der Waals surface area contributed by atoms with Crippen molar-refractivity contribution in [1.82, 2.24) is 5.43 Å². The van der Waals surface area contributed by atoms with Gasteiger partial charge in [0, 0.05) is 13.6 Å². The monoisotopic (exact) mass is 534 g/mol. The van der Waals surface area contributed by atoms with Crippen LogP contribution in [-0.4, -0.2) is 12.1 Å². The third kappa shape index (κ3) is 5.64. The van der Waals surface area contributed by atoms with E-state index in [1.807, 2.05) is 60.7 Å². The molecule has 0 saturated carbocycles. The van der Waals surface area contributed by atoms with Crippen LogP contribution < -0.4 is 10.2 Å². The molecule has 0 atom stereocenters. The number of hydrogen-bond donors (Lipinski definition) is 1. The van der Waals surface area contributed by atoms with Crippen LogP contribution >= 0.6 is 38.5 Å². The number of amides is 1. The standard InChI is InChI=1S/C21H16BrIN2O2/c22-19-7-3-2-6-18(19)21(26)25-24-13-16-5-1-4-8-20(16)27-14-15-9-11-17(23)12-10-15/h1-13H,14H2,(H,25,26)/b24-13+. The molecule has 6 heteroatoms. The average Bonchev–Trinajstić information content (AvgIpc) is 2.68. The Hall–Kier alpha value is -2.19. The highest BCUT2D eigenvalue weighted by molar-refractivity contribution is 14.1. The molecule has 0 heterocycles. The van der Waals surface area contributed by atoms with Crippen LogP contribution in [0.4, 0.5) is 0 Å². The van der Waals surface area contributed by atoms with Crippen LogP contribution in [0, 0.1) is 3.57 Å². The number of nitrogens with one attached hydrogen (secondary N) is 1. The molecule has 0 spiro atoms. The van der Waals surface area contributed by atoms with Crippen LogP contribution in [-0.2, 0) is 6.61 Å². The van der Waals surface area contributed by atoms with Gasteiger partial charge in [-0.15, -0.1) is 0 Å². The van der Waals surface area contributed by atoms with Gasteiger partial charge in [-0.2, -0.15) is 5.10 Å². The highest BCUT2D eigenvalue weighted by Crippen LogP contribution is 2.18. The van der Waals surface area contributed by atoms with E-state index in [9.17, 15) is 4.79 Å². The summed E-state index contributed by atoms with van der Waals surface area (Å²) in [7, 11) is 0. The minimum atomic E-state index is -0.281. The van der Waals surface area contributed by atoms with Crippen LogP contribution in [0.1, 0.15) is 21.5 Å². The lowest BCUT2D eigenvalue weighted by molar-refractivity contribution is 0.0954. The Bertz CT molecular complexity index is 958. The van der Waals surface area contributed by atoms with Crippen molar-refractivity contribution in [2.24, 2.45) is 5.10 Å². The van der Waals surface area contributed by atoms with Gasteiger partial charge in [0.2, 0.25) is 0 Å². The van der Waals surface area contributed by atoms with Crippen molar-refractivity contribution in [3.8, 4) is 5.75 Å². The van der Waals surface area contributed by atoms with Gasteiger partial charge >= 0.3 is 0 Å². The molecule has 0 unspecified atom stereocenters. The SMILES string of the molecule is O=C(N/N=C/c1ccccc1OCc1ccc(I)cc1)c1ccccc1Br. The molecule has 3 aromatic carbocycles. The first-order chi connectivity index (χ1) is 13.1. The lowest BCUT2D eigenvalue weighted by atomic mass is 10.2. The largest absolute Gasteiger partial charge is 0.488 e. The summed E-state index contributed by atoms with van der Waals surface area (Å²) in [5.41, 5.74) is 4.94. The van der Waals surface area contributed by atoms with Crippen molar-refractivity contribution in [2.45, 2.75) is 6.61 Å². The van der Waals surface area contributed by atoms with Gasteiger partial charge in [-0.3, -0.25) is 4.79 Å². The number of hydrogen-bond acceptors (Lipinski definition) is 3. The minimum absolute atomic E-state index is 0.281. The summed E-state index contributed by atoms with van der Waals surface area (Å²) >= 11 is 5.63. The molecule has 4 nitrogen and oxygen atoms in total. The molecule has 3 aromatic rings. The van der Waals surface area contributed by atoms with E-state index < -0.39 is 0 Å². The smallest absolute Gasteiger partial charge is 0.272 e. The van der Waals surface area contributed by atoms with E-state index in [2.05, 4.69) is 49.0 Å². The number of hydrazone groups is 1. The maximum atomic E-state index is 12.2. The lowest BCUT2D eigenvalue weighted by Gasteiger charge is -2.09. The van der Waals surface area contributed by atoms with Gasteiger partial charge < -0.3 is 4.74 Å². The van der Waals surface area contributed by atoms with Crippen LogP contribution in [0.3, 0.4) is 0 Å². The Morgan fingerprint density at radius 3 is 2.52 bits per heavy atom. The fourth-order valence-electron chi connectivity index (χ4n) is 2.33. The van der Waals surface area contributed by atoms with E-state index in [-0.39, 0.29) is 5.91 Å². The normalized spacial score (nSPS) is 10.7. The molecule has 3 rings (SSSR count). The quantitative estimate of drug-likeness (QED) is 0.261. The van der Waals surface area contributed by atoms with E-state index in [4.69, 9.17) is 4.74 Å². The highest BCUT2D eigenvalue weighted by Gasteiger charge is 2.08. The summed E-state index contributed by atoms with van der Waals surface area (Å²) in [4.78, 5) is 12.2. The van der Waals surface area contributed by atoms with E-state index in [1.165, 1.54) is 3.57 Å². The van der Waals surface area contributed by atoms with Crippen LogP contribution in [0.15, 0.2) is 82.4 Å². The summed E-state index contributed by atoms with van der Waals surface area (Å²) in [6.07, 6.45) is 1.58. The van der Waals surface area contributed by atoms with Gasteiger partial charge in [0.05, 0.1) is 11.8 Å². The molecule has 27 heavy (non-hydrogen) atoms. The molecule has 0 aromatic heterocycles. The van der Waals surface area contributed by atoms with Crippen molar-refractivity contribution in [3.05, 3.63) is 97.5 Å². The molecule has 1 N–H and O–H groups in total. The second kappa shape index (κ2) is 9.66. The average molecular weight is 535 g/mol. The number of carbonyl (C=O) groups excluding carboxylic acids is 1. The zero-order chi connectivity index (χ0) is 19.1. The maximum absolute atomic E-state index is 12.2. The number of benzene rings is 3. The predicted octanol–water partition coefficient (Wildman–Crippen LogP) is 5.40. The molecule has 0 saturated heterocycles. The number of halogens is 2. The molecule has 0 radical (unpaired) electrons. The van der Waals surface area contributed by atoms with Crippen molar-refractivity contribution in [3.63, 3.8) is 0 Å². The van der Waals surface area contributed by atoms with Gasteiger partial charge in [0.25, 0.3) is 5.91 Å². The van der Waals surface area contributed by atoms with Crippen LogP contribution in [0.2, 0.25) is 0 Å². The summed E-state index contributed by atoms with van der Waals surface area (Å²) in [5.74, 6) is 0.422. The first kappa shape index (κ1) is 19.6. The molecular weight excluding hydrogens is 519 g/mol. The second-order valence-corrected chi connectivity index (χ2v) is 7.73. The fourth-order valence-corrected chi connectivity index (χ4v) is 3.15. The summed E-state index contributed by atoms with van der Waals surface area (Å²) in [6, 6.07) is 22.9. The third-order valence-electron chi connectivity index (χ3n) is 3.71. The number of para-hydroxylation sites is 1. The maximum Gasteiger partial charge on any atom is 0.272 e. The van der Waals surface area contributed by atoms with Crippen molar-refractivity contribution in [1.29, 1.82) is 0 Å². The molecule has 1 amide bonds. The molecule has 0 aliphatic carbocycles. The molecule has 136 valence electrons. The first-order valence-corrected chi connectivity index (χ1v) is 10.0. The Morgan fingerprint density at radius 2 is 1.74 bits per heavy atom. The zero-order valence-corrected chi connectivity index (χ0v) is 18.0. The zero-order valence-electron chi connectivity index (χ0n) is 14.2. The lowest BCUT2D eigenvalue weighted by Crippen LogP contribution is -2.18. The van der Waals surface area contributed by atoms with Crippen LogP contribution in [0.25, 0.3) is 0 Å². The van der Waals surface area contributed by atoms with E-state index in [1.54, 1.807) is 18.3 Å². The number of carbonyl (C=O) groups is 1. The van der Waals surface area contributed by atoms with Crippen molar-refractivity contribution < 1.29 is 9.53 Å². The van der Waals surface area contributed by atoms with E-state index in [0.29, 0.717) is 17.9 Å². The third-order valence-corrected chi connectivity index (χ3v) is 5.13. The number of ether oxygens (including phenoxy) is 1. The van der Waals surface area contributed by atoms with Crippen molar-refractivity contribution in [2.75, 3.05) is 0 Å². The molecule has 0 aliphatic rings. The highest BCUT2D eigenvalue weighted by atomic mass is 127. The number of nitrogens with zero attached hydrogens (tertiary/aromatic N) is 1. The van der Waals surface area contributed by atoms with Gasteiger partial charge in [-0.05, 0) is 80.5 Å². The van der Waals surface area contributed by atoms with Crippen LogP contribution in [0.5, 0.6) is 5.75 Å². The van der Waals surface area contributed by atoms with E-state index >= 15 is 0 Å². The summed E-state index contributed by atoms with van der Waals surface area (Å²) < 4.78 is 7.82. The Balaban J connectivity index is 1.65. The van der Waals surface area contributed by atoms with Crippen molar-refractivity contribution >= 4 is 50.6 Å². The summed E-state index contributed by atoms with van der Waals surface area (Å²) in [5, 5.41) is 4.06. The Morgan fingerprint density at radius 1 is 1.04 bits per heavy atom. The van der Waals surface area contributed by atoms with Gasteiger partial charge in [-0.1, -0.05) is 36.4 Å². The molecule has 0 fully saturated rings. The Labute approximate surface area is 179 Å². The number of rotatable bonds is 6. The van der Waals surface area contributed by atoms with Gasteiger partial charge in [0.1, 0.15) is 12.4 Å². The molecule has 0 bridgehead atoms. The minimum Gasteiger partial charge on any atom is -0.488 e. The first-order valence-electron chi connectivity index (χ1n) is 8.17. The molecule has 0 aliphatic heterocycles. The molecular formula is C21H16BrIN2O2. The fraction of sp³-hybridized carbons (Fsp3) is 0.0476. The van der Waals surface area contributed by atoms with E-state index in [0.717, 1.165) is 15.6 Å². The summed E-state index contributed by atoms with van der Waals surface area (Å²) in [6.45, 7) is 0.463. The Kier molecular flexibility index (Phi) is 7.00. The topological polar surface area (TPSA) is 50.7 Å².